The second-order valence-corrected chi connectivity index (χ2v) is 24.3. The first-order valence-corrected chi connectivity index (χ1v) is 32.0. The minimum atomic E-state index is -1.77. The minimum Gasteiger partial charge on any atom is -0.508 e. The fourth-order valence-electron chi connectivity index (χ4n) is 9.37. The Morgan fingerprint density at radius 2 is 0.806 bits per heavy atom. The highest BCUT2D eigenvalue weighted by Gasteiger charge is 2.38. The lowest BCUT2D eigenvalue weighted by molar-refractivity contribution is -0.144. The van der Waals surface area contributed by atoms with Crippen LogP contribution in [-0.2, 0) is 84.8 Å². The van der Waals surface area contributed by atoms with Gasteiger partial charge in [0.2, 0.25) is 65.0 Å². The number of hydrogen-bond acceptors (Lipinski definition) is 19. The second-order valence-electron chi connectivity index (χ2n) is 24.3. The van der Waals surface area contributed by atoms with Crippen molar-refractivity contribution < 1.29 is 103 Å². The van der Waals surface area contributed by atoms with Crippen molar-refractivity contribution in [3.05, 3.63) is 59.7 Å². The number of carboxylic acids is 4. The number of primary amides is 1. The number of hydrogen-bond donors (Lipinski definition) is 19. The highest BCUT2D eigenvalue weighted by atomic mass is 16.4. The van der Waals surface area contributed by atoms with Gasteiger partial charge in [-0.05, 0) is 104 Å². The van der Waals surface area contributed by atoms with Crippen molar-refractivity contribution >= 4 is 88.9 Å². The molecule has 2 aromatic carbocycles. The van der Waals surface area contributed by atoms with Gasteiger partial charge in [-0.2, -0.15) is 0 Å². The van der Waals surface area contributed by atoms with E-state index in [1.807, 2.05) is 0 Å². The number of aromatic hydroxyl groups is 2. The molecule has 12 unspecified atom stereocenters. The summed E-state index contributed by atoms with van der Waals surface area (Å²) >= 11 is 0. The largest absolute Gasteiger partial charge is 0.508 e. The van der Waals surface area contributed by atoms with E-state index in [1.54, 1.807) is 41.5 Å². The molecule has 0 aliphatic heterocycles. The molecule has 11 amide bonds. The fourth-order valence-corrected chi connectivity index (χ4v) is 9.37. The number of amides is 11. The number of unbranched alkanes of at least 4 members (excludes halogenated alkanes) is 1. The van der Waals surface area contributed by atoms with Crippen LogP contribution in [0.15, 0.2) is 48.5 Å². The number of carbonyl (C=O) groups excluding carboxylic acids is 11. The predicted octanol–water partition coefficient (Wildman–Crippen LogP) is -2.00. The number of phenolic OH excluding ortho intramolecular Hbond substituents is 2. The van der Waals surface area contributed by atoms with Crippen LogP contribution in [0.5, 0.6) is 11.5 Å². The van der Waals surface area contributed by atoms with Crippen LogP contribution in [0.4, 0.5) is 0 Å². The van der Waals surface area contributed by atoms with Crippen molar-refractivity contribution in [2.24, 2.45) is 40.9 Å². The summed E-state index contributed by atoms with van der Waals surface area (Å²) in [6, 6.07) is -3.59. The zero-order valence-corrected chi connectivity index (χ0v) is 56.6. The van der Waals surface area contributed by atoms with E-state index in [9.17, 15) is 92.7 Å². The van der Waals surface area contributed by atoms with E-state index in [0.29, 0.717) is 30.4 Å². The molecular weight excluding hydrogens is 1290 g/mol. The standard InChI is InChI=1S/C62H95N13O19.C2H4O2/c1-9-33(7)51(61(92)69-41(22-24-47(80)81)55(86)67-42(23-25-48(82)83)57(88)73-49(31(3)4)59(90)68-40(13-11-12-26-63)56(87)75-52(62(93)94)34(8)10-2)72-46(79)30-66-54(85)43(28-36-16-20-38(77)21-17-36)71-60(91)50(32(5)6)74-58(89)44(29-45(65)78)70-53(84)39(64)27-35-14-18-37(76)19-15-35;1-2(3)4/h14-21,31-34,39-44,49-52,76-77H,9-13,22-30,63-64H2,1-8H3,(H2,65,78)(H,66,85)(H,67,86)(H,68,90)(H,69,92)(H,70,84)(H,71,91)(H,72,79)(H,73,88)(H,74,89)(H,75,87)(H,80,81)(H,82,83)(H,93,94);1H3,(H,3,4). The lowest BCUT2D eigenvalue weighted by atomic mass is 9.97. The topological polar surface area (TPSA) is 576 Å². The molecule has 2 rings (SSSR count). The van der Waals surface area contributed by atoms with Crippen molar-refractivity contribution in [1.82, 2.24) is 53.2 Å². The third kappa shape index (κ3) is 32.6. The molecule has 0 radical (unpaired) electrons. The van der Waals surface area contributed by atoms with Gasteiger partial charge in [-0.15, -0.1) is 0 Å². The van der Waals surface area contributed by atoms with Crippen molar-refractivity contribution in [3.8, 4) is 11.5 Å². The van der Waals surface area contributed by atoms with Gasteiger partial charge in [0.25, 0.3) is 5.97 Å². The van der Waals surface area contributed by atoms with E-state index < -0.39 is 212 Å². The monoisotopic (exact) mass is 1390 g/mol. The molecule has 34 nitrogen and oxygen atoms in total. The fraction of sp³-hybridized carbons (Fsp3) is 0.578. The van der Waals surface area contributed by atoms with Crippen molar-refractivity contribution in [1.29, 1.82) is 0 Å². The Morgan fingerprint density at radius 3 is 1.21 bits per heavy atom. The summed E-state index contributed by atoms with van der Waals surface area (Å²) in [6.07, 6.45) is -2.30. The van der Waals surface area contributed by atoms with Gasteiger partial charge in [0.1, 0.15) is 65.9 Å². The first-order chi connectivity index (χ1) is 45.8. The SMILES string of the molecule is CC(=O)O.CCC(C)C(NC(=O)C(CCCCN)NC(=O)C(NC(=O)C(CCC(=O)O)NC(=O)C(CCC(=O)O)NC(=O)C(NC(=O)CNC(=O)C(Cc1ccc(O)cc1)NC(=O)C(NC(=O)C(CC(N)=O)NC(=O)C(N)Cc1ccc(O)cc1)C(C)C)C(C)CC)C(C)C)C(=O)O. The molecule has 0 fully saturated rings. The van der Waals surface area contributed by atoms with Gasteiger partial charge in [0.15, 0.2) is 0 Å². The summed E-state index contributed by atoms with van der Waals surface area (Å²) in [5.41, 5.74) is 18.1. The number of nitrogens with one attached hydrogen (secondary N) is 10. The quantitative estimate of drug-likeness (QED) is 0.0319. The van der Waals surface area contributed by atoms with Crippen LogP contribution in [0.1, 0.15) is 138 Å². The lowest BCUT2D eigenvalue weighted by Crippen LogP contribution is -2.61. The van der Waals surface area contributed by atoms with Crippen LogP contribution in [-0.4, -0.2) is 193 Å². The normalized spacial score (nSPS) is 14.6. The van der Waals surface area contributed by atoms with Gasteiger partial charge >= 0.3 is 17.9 Å². The summed E-state index contributed by atoms with van der Waals surface area (Å²) in [6.45, 7) is 13.2. The molecule has 0 aromatic heterocycles. The minimum absolute atomic E-state index is 0.0219. The van der Waals surface area contributed by atoms with Gasteiger partial charge in [0, 0.05) is 26.2 Å². The van der Waals surface area contributed by atoms with E-state index in [1.165, 1.54) is 62.4 Å². The Kier molecular flexibility index (Phi) is 38.6. The van der Waals surface area contributed by atoms with Crippen LogP contribution in [0.2, 0.25) is 0 Å². The average molecular weight is 1390 g/mol. The highest BCUT2D eigenvalue weighted by Crippen LogP contribution is 2.17. The van der Waals surface area contributed by atoms with Crippen LogP contribution in [0, 0.1) is 23.7 Å². The molecule has 0 saturated carbocycles. The van der Waals surface area contributed by atoms with E-state index in [0.717, 1.165) is 6.92 Å². The van der Waals surface area contributed by atoms with E-state index in [4.69, 9.17) is 27.1 Å². The van der Waals surface area contributed by atoms with Gasteiger partial charge in [-0.1, -0.05) is 92.5 Å². The molecule has 0 aliphatic carbocycles. The Labute approximate surface area is 567 Å². The molecular formula is C64H99N13O21. The van der Waals surface area contributed by atoms with Crippen LogP contribution >= 0.6 is 0 Å². The van der Waals surface area contributed by atoms with Crippen molar-refractivity contribution in [2.45, 2.75) is 200 Å². The van der Waals surface area contributed by atoms with Gasteiger partial charge in [0.05, 0.1) is 19.0 Å². The molecule has 546 valence electrons. The zero-order valence-electron chi connectivity index (χ0n) is 56.6. The maximum Gasteiger partial charge on any atom is 0.326 e. The zero-order chi connectivity index (χ0) is 74.7. The van der Waals surface area contributed by atoms with E-state index in [2.05, 4.69) is 53.2 Å². The number of nitrogens with two attached hydrogens (primary N) is 3. The summed E-state index contributed by atoms with van der Waals surface area (Å²) in [5, 5.41) is 80.7. The molecule has 12 atom stereocenters. The first-order valence-electron chi connectivity index (χ1n) is 32.0. The first kappa shape index (κ1) is 86.0. The molecule has 0 aliphatic rings. The summed E-state index contributed by atoms with van der Waals surface area (Å²) in [7, 11) is 0. The maximum atomic E-state index is 14.2. The maximum absolute atomic E-state index is 14.2. The lowest BCUT2D eigenvalue weighted by Gasteiger charge is -2.29. The molecule has 34 heteroatoms. The number of carboxylic acid groups (broad SMARTS) is 4. The van der Waals surface area contributed by atoms with Crippen molar-refractivity contribution in [3.63, 3.8) is 0 Å². The van der Waals surface area contributed by atoms with Gasteiger partial charge in [-0.3, -0.25) is 67.1 Å². The number of aliphatic carboxylic acids is 4. The molecule has 22 N–H and O–H groups in total. The Bertz CT molecular complexity index is 3040. The second kappa shape index (κ2) is 44.0. The van der Waals surface area contributed by atoms with Gasteiger partial charge in [-0.25, -0.2) is 4.79 Å². The Hall–Kier alpha value is -9.99. The van der Waals surface area contributed by atoms with Crippen molar-refractivity contribution in [2.75, 3.05) is 13.1 Å². The third-order valence-electron chi connectivity index (χ3n) is 15.4. The number of carbonyl (C=O) groups is 15. The smallest absolute Gasteiger partial charge is 0.326 e. The average Bonchev–Trinajstić information content (AvgIpc) is 0.864. The summed E-state index contributed by atoms with van der Waals surface area (Å²) in [5.74, 6) is -18.6. The molecule has 0 spiro atoms. The summed E-state index contributed by atoms with van der Waals surface area (Å²) < 4.78 is 0. The van der Waals surface area contributed by atoms with Crippen LogP contribution in [0.3, 0.4) is 0 Å². The molecule has 98 heavy (non-hydrogen) atoms. The molecule has 0 heterocycles. The number of phenols is 2. The Balaban J connectivity index is 0.0000117. The van der Waals surface area contributed by atoms with E-state index in [-0.39, 0.29) is 43.7 Å². The van der Waals surface area contributed by atoms with Crippen LogP contribution < -0.4 is 70.4 Å². The molecule has 0 bridgehead atoms. The summed E-state index contributed by atoms with van der Waals surface area (Å²) in [4.78, 5) is 196. The molecule has 0 saturated heterocycles. The van der Waals surface area contributed by atoms with Crippen LogP contribution in [0.25, 0.3) is 0 Å². The number of benzene rings is 2. The third-order valence-corrected chi connectivity index (χ3v) is 15.4. The molecule has 2 aromatic rings. The van der Waals surface area contributed by atoms with Gasteiger partial charge < -0.3 is 101 Å². The predicted molar refractivity (Wildman–Crippen MR) is 352 cm³/mol. The highest BCUT2D eigenvalue weighted by molar-refractivity contribution is 5.99. The number of rotatable bonds is 43. The van der Waals surface area contributed by atoms with E-state index >= 15 is 0 Å². The Morgan fingerprint density at radius 1 is 0.439 bits per heavy atom.